The number of hydrogen-bond acceptors (Lipinski definition) is 2. The van der Waals surface area contributed by atoms with E-state index < -0.39 is 0 Å². The Morgan fingerprint density at radius 2 is 2.07 bits per heavy atom. The fourth-order valence-corrected chi connectivity index (χ4v) is 2.01. The summed E-state index contributed by atoms with van der Waals surface area (Å²) >= 11 is 15.5. The van der Waals surface area contributed by atoms with Crippen molar-refractivity contribution in [3.8, 4) is 0 Å². The second kappa shape index (κ2) is 5.64. The first kappa shape index (κ1) is 11.9. The van der Waals surface area contributed by atoms with Crippen LogP contribution < -0.4 is 0 Å². The smallest absolute Gasteiger partial charge is 0.151 e. The van der Waals surface area contributed by atoms with Gasteiger partial charge in [-0.15, -0.1) is 35.8 Å². The van der Waals surface area contributed by atoms with E-state index in [1.54, 1.807) is 0 Å². The van der Waals surface area contributed by atoms with Crippen molar-refractivity contribution in [3.05, 3.63) is 29.3 Å². The molecule has 0 amide bonds. The van der Waals surface area contributed by atoms with Gasteiger partial charge in [-0.05, 0) is 17.2 Å². The zero-order chi connectivity index (χ0) is 10.6. The second-order valence-electron chi connectivity index (χ2n) is 2.90. The predicted octanol–water partition coefficient (Wildman–Crippen LogP) is 3.06. The first-order valence-electron chi connectivity index (χ1n) is 4.12. The molecule has 0 aliphatic heterocycles. The summed E-state index contributed by atoms with van der Waals surface area (Å²) in [7, 11) is 0. The lowest BCUT2D eigenvalue weighted by Gasteiger charge is -2.07. The van der Waals surface area contributed by atoms with Gasteiger partial charge in [0.05, 0.1) is 5.88 Å². The molecule has 0 unspecified atom stereocenters. The van der Waals surface area contributed by atoms with E-state index in [4.69, 9.17) is 23.2 Å². The Morgan fingerprint density at radius 3 is 2.64 bits per heavy atom. The summed E-state index contributed by atoms with van der Waals surface area (Å²) in [5.41, 5.74) is 1.83. The molecular formula is C10H10Cl2OS. The summed E-state index contributed by atoms with van der Waals surface area (Å²) in [6.45, 7) is 0. The van der Waals surface area contributed by atoms with E-state index in [-0.39, 0.29) is 11.7 Å². The van der Waals surface area contributed by atoms with Gasteiger partial charge in [-0.25, -0.2) is 0 Å². The molecule has 0 radical (unpaired) electrons. The highest BCUT2D eigenvalue weighted by Crippen LogP contribution is 2.21. The molecule has 0 aromatic heterocycles. The van der Waals surface area contributed by atoms with Gasteiger partial charge in [-0.1, -0.05) is 12.1 Å². The highest BCUT2D eigenvalue weighted by Gasteiger charge is 2.08. The SMILES string of the molecule is O=C(CCl)Cc1cccc(S)c1CCl. The van der Waals surface area contributed by atoms with Crippen LogP contribution in [0.1, 0.15) is 11.1 Å². The fourth-order valence-electron chi connectivity index (χ4n) is 1.20. The van der Waals surface area contributed by atoms with E-state index in [1.807, 2.05) is 18.2 Å². The lowest BCUT2D eigenvalue weighted by Crippen LogP contribution is -2.06. The third-order valence-electron chi connectivity index (χ3n) is 1.92. The maximum Gasteiger partial charge on any atom is 0.151 e. The number of carbonyl (C=O) groups is 1. The molecule has 0 aliphatic carbocycles. The Hall–Kier alpha value is -0.180. The van der Waals surface area contributed by atoms with Gasteiger partial charge in [-0.3, -0.25) is 4.79 Å². The fraction of sp³-hybridized carbons (Fsp3) is 0.300. The topological polar surface area (TPSA) is 17.1 Å². The van der Waals surface area contributed by atoms with Gasteiger partial charge in [0.25, 0.3) is 0 Å². The minimum Gasteiger partial charge on any atom is -0.298 e. The Bertz CT molecular complexity index is 339. The van der Waals surface area contributed by atoms with Crippen molar-refractivity contribution in [2.45, 2.75) is 17.2 Å². The highest BCUT2D eigenvalue weighted by molar-refractivity contribution is 7.80. The number of alkyl halides is 2. The lowest BCUT2D eigenvalue weighted by molar-refractivity contribution is -0.116. The van der Waals surface area contributed by atoms with E-state index in [0.717, 1.165) is 16.0 Å². The molecular weight excluding hydrogens is 239 g/mol. The molecule has 0 bridgehead atoms. The van der Waals surface area contributed by atoms with Crippen LogP contribution in [0, 0.1) is 0 Å². The molecule has 1 nitrogen and oxygen atoms in total. The van der Waals surface area contributed by atoms with Crippen LogP contribution in [0.2, 0.25) is 0 Å². The number of ketones is 1. The number of rotatable bonds is 4. The summed E-state index contributed by atoms with van der Waals surface area (Å²) in [5, 5.41) is 0. The Morgan fingerprint density at radius 1 is 1.36 bits per heavy atom. The molecule has 14 heavy (non-hydrogen) atoms. The normalized spacial score (nSPS) is 10.2. The number of Topliss-reactive ketones (excluding diaryl/α,β-unsaturated/α-hetero) is 1. The van der Waals surface area contributed by atoms with E-state index >= 15 is 0 Å². The van der Waals surface area contributed by atoms with Gasteiger partial charge in [-0.2, -0.15) is 0 Å². The molecule has 0 N–H and O–H groups in total. The Labute approximate surface area is 98.8 Å². The van der Waals surface area contributed by atoms with Crippen LogP contribution in [0.3, 0.4) is 0 Å². The number of benzene rings is 1. The number of thiol groups is 1. The van der Waals surface area contributed by atoms with Gasteiger partial charge in [0.15, 0.2) is 5.78 Å². The van der Waals surface area contributed by atoms with Gasteiger partial charge in [0.1, 0.15) is 0 Å². The maximum absolute atomic E-state index is 11.2. The highest BCUT2D eigenvalue weighted by atomic mass is 35.5. The summed E-state index contributed by atoms with van der Waals surface area (Å²) in [5.74, 6) is 0.403. The molecule has 1 aromatic carbocycles. The number of hydrogen-bond donors (Lipinski definition) is 1. The van der Waals surface area contributed by atoms with Crippen molar-refractivity contribution in [1.82, 2.24) is 0 Å². The third-order valence-corrected chi connectivity index (χ3v) is 2.90. The first-order valence-corrected chi connectivity index (χ1v) is 5.64. The summed E-state index contributed by atoms with van der Waals surface area (Å²) in [4.78, 5) is 12.0. The van der Waals surface area contributed by atoms with Crippen molar-refractivity contribution < 1.29 is 4.79 Å². The van der Waals surface area contributed by atoms with E-state index in [0.29, 0.717) is 12.3 Å². The average Bonchev–Trinajstić information content (AvgIpc) is 2.18. The molecule has 1 rings (SSSR count). The van der Waals surface area contributed by atoms with Crippen LogP contribution >= 0.6 is 35.8 Å². The second-order valence-corrected chi connectivity index (χ2v) is 3.91. The monoisotopic (exact) mass is 248 g/mol. The molecule has 0 spiro atoms. The van der Waals surface area contributed by atoms with Crippen LogP contribution in [-0.4, -0.2) is 11.7 Å². The number of halogens is 2. The summed E-state index contributed by atoms with van der Waals surface area (Å²) in [6.07, 6.45) is 0.333. The van der Waals surface area contributed by atoms with Crippen molar-refractivity contribution in [2.24, 2.45) is 0 Å². The molecule has 4 heteroatoms. The zero-order valence-electron chi connectivity index (χ0n) is 7.46. The van der Waals surface area contributed by atoms with E-state index in [1.165, 1.54) is 0 Å². The van der Waals surface area contributed by atoms with Crippen LogP contribution in [0.5, 0.6) is 0 Å². The molecule has 0 heterocycles. The average molecular weight is 249 g/mol. The molecule has 76 valence electrons. The van der Waals surface area contributed by atoms with Gasteiger partial charge in [0, 0.05) is 17.2 Å². The Balaban J connectivity index is 2.96. The first-order chi connectivity index (χ1) is 6.69. The largest absolute Gasteiger partial charge is 0.298 e. The van der Waals surface area contributed by atoms with Gasteiger partial charge < -0.3 is 0 Å². The lowest BCUT2D eigenvalue weighted by atomic mass is 10.0. The van der Waals surface area contributed by atoms with Crippen molar-refractivity contribution in [2.75, 3.05) is 5.88 Å². The zero-order valence-corrected chi connectivity index (χ0v) is 9.87. The van der Waals surface area contributed by atoms with Crippen LogP contribution in [0.4, 0.5) is 0 Å². The minimum atomic E-state index is -0.00281. The molecule has 0 saturated heterocycles. The van der Waals surface area contributed by atoms with Crippen LogP contribution in [0.25, 0.3) is 0 Å². The Kier molecular flexibility index (Phi) is 4.79. The van der Waals surface area contributed by atoms with Crippen molar-refractivity contribution in [1.29, 1.82) is 0 Å². The molecule has 0 atom stereocenters. The van der Waals surface area contributed by atoms with E-state index in [2.05, 4.69) is 12.6 Å². The summed E-state index contributed by atoms with van der Waals surface area (Å²) < 4.78 is 0. The minimum absolute atomic E-state index is 0.00281. The quantitative estimate of drug-likeness (QED) is 0.641. The van der Waals surface area contributed by atoms with Crippen LogP contribution in [-0.2, 0) is 17.1 Å². The van der Waals surface area contributed by atoms with E-state index in [9.17, 15) is 4.79 Å². The maximum atomic E-state index is 11.2. The molecule has 0 fully saturated rings. The summed E-state index contributed by atoms with van der Waals surface area (Å²) in [6, 6.07) is 5.59. The molecule has 0 aliphatic rings. The van der Waals surface area contributed by atoms with Gasteiger partial charge in [0.2, 0.25) is 0 Å². The molecule has 0 saturated carbocycles. The number of carbonyl (C=O) groups excluding carboxylic acids is 1. The third kappa shape index (κ3) is 2.91. The predicted molar refractivity (Wildman–Crippen MR) is 62.7 cm³/mol. The van der Waals surface area contributed by atoms with Gasteiger partial charge >= 0.3 is 0 Å². The van der Waals surface area contributed by atoms with Crippen molar-refractivity contribution >= 4 is 41.6 Å². The van der Waals surface area contributed by atoms with Crippen LogP contribution in [0.15, 0.2) is 23.1 Å². The molecule has 1 aromatic rings. The standard InChI is InChI=1S/C10H10Cl2OS/c11-5-8(13)4-7-2-1-3-10(14)9(7)6-12/h1-3,14H,4-6H2. The van der Waals surface area contributed by atoms with Crippen molar-refractivity contribution in [3.63, 3.8) is 0 Å².